The fourth-order valence-electron chi connectivity index (χ4n) is 2.23. The Morgan fingerprint density at radius 2 is 2.00 bits per heavy atom. The van der Waals surface area contributed by atoms with Crippen LogP contribution >= 0.6 is 11.3 Å². The van der Waals surface area contributed by atoms with Gasteiger partial charge in [0, 0.05) is 5.69 Å². The second kappa shape index (κ2) is 7.44. The molecular formula is C19H14N2O2S. The minimum absolute atomic E-state index is 0.151. The second-order valence-corrected chi connectivity index (χ2v) is 5.82. The smallest absolute Gasteiger partial charge is 0.262 e. The Labute approximate surface area is 143 Å². The average Bonchev–Trinajstić information content (AvgIpc) is 3.15. The Morgan fingerprint density at radius 1 is 1.12 bits per heavy atom. The van der Waals surface area contributed by atoms with Gasteiger partial charge in [-0.25, -0.2) is 0 Å². The van der Waals surface area contributed by atoms with Gasteiger partial charge in [-0.05, 0) is 52.2 Å². The summed E-state index contributed by atoms with van der Waals surface area (Å²) in [7, 11) is 0. The van der Waals surface area contributed by atoms with Gasteiger partial charge < -0.3 is 10.1 Å². The molecule has 4 nitrogen and oxygen atoms in total. The first-order valence-corrected chi connectivity index (χ1v) is 8.25. The van der Waals surface area contributed by atoms with E-state index < -0.39 is 0 Å². The Hall–Kier alpha value is -3.10. The number of anilines is 1. The highest BCUT2D eigenvalue weighted by Crippen LogP contribution is 2.24. The second-order valence-electron chi connectivity index (χ2n) is 5.04. The maximum atomic E-state index is 12.1. The topological polar surface area (TPSA) is 62.1 Å². The van der Waals surface area contributed by atoms with Gasteiger partial charge in [-0.2, -0.15) is 16.6 Å². The van der Waals surface area contributed by atoms with Gasteiger partial charge in [0.15, 0.2) is 6.61 Å². The van der Waals surface area contributed by atoms with Crippen molar-refractivity contribution in [3.8, 4) is 22.9 Å². The van der Waals surface area contributed by atoms with Crippen molar-refractivity contribution in [1.82, 2.24) is 0 Å². The van der Waals surface area contributed by atoms with Crippen molar-refractivity contribution in [3.63, 3.8) is 0 Å². The Kier molecular flexibility index (Phi) is 4.90. The lowest BCUT2D eigenvalue weighted by Gasteiger charge is -2.09. The number of nitrogens with zero attached hydrogens (tertiary/aromatic N) is 1. The molecule has 0 fully saturated rings. The number of benzene rings is 2. The summed E-state index contributed by atoms with van der Waals surface area (Å²) in [5.74, 6) is 0.132. The molecule has 2 aromatic carbocycles. The van der Waals surface area contributed by atoms with Crippen LogP contribution in [0.25, 0.3) is 11.1 Å². The zero-order chi connectivity index (χ0) is 16.8. The third kappa shape index (κ3) is 3.80. The highest BCUT2D eigenvalue weighted by Gasteiger charge is 2.07. The highest BCUT2D eigenvalue weighted by molar-refractivity contribution is 7.08. The zero-order valence-electron chi connectivity index (χ0n) is 12.7. The van der Waals surface area contributed by atoms with Gasteiger partial charge in [-0.15, -0.1) is 0 Å². The molecule has 0 aliphatic heterocycles. The van der Waals surface area contributed by atoms with Crippen LogP contribution in [-0.2, 0) is 4.79 Å². The van der Waals surface area contributed by atoms with Crippen molar-refractivity contribution in [1.29, 1.82) is 5.26 Å². The SMILES string of the molecule is N#Cc1ccccc1OCC(=O)Nc1cccc(-c2ccsc2)c1. The third-order valence-corrected chi connectivity index (χ3v) is 4.05. The van der Waals surface area contributed by atoms with Gasteiger partial charge in [-0.1, -0.05) is 24.3 Å². The largest absolute Gasteiger partial charge is 0.482 e. The predicted octanol–water partition coefficient (Wildman–Crippen LogP) is 4.30. The molecular weight excluding hydrogens is 320 g/mol. The van der Waals surface area contributed by atoms with Crippen LogP contribution in [0.5, 0.6) is 5.75 Å². The molecule has 0 atom stereocenters. The summed E-state index contributed by atoms with van der Waals surface area (Å²) < 4.78 is 5.43. The number of thiophene rings is 1. The van der Waals surface area contributed by atoms with Crippen molar-refractivity contribution >= 4 is 22.9 Å². The molecule has 0 aliphatic carbocycles. The Balaban J connectivity index is 1.63. The number of hydrogen-bond donors (Lipinski definition) is 1. The van der Waals surface area contributed by atoms with Crippen LogP contribution in [0.2, 0.25) is 0 Å². The average molecular weight is 334 g/mol. The van der Waals surface area contributed by atoms with Crippen LogP contribution in [-0.4, -0.2) is 12.5 Å². The molecule has 24 heavy (non-hydrogen) atoms. The fourth-order valence-corrected chi connectivity index (χ4v) is 2.90. The van der Waals surface area contributed by atoms with E-state index >= 15 is 0 Å². The Bertz CT molecular complexity index is 882. The molecule has 0 aliphatic rings. The third-order valence-electron chi connectivity index (χ3n) is 3.37. The maximum absolute atomic E-state index is 12.1. The minimum atomic E-state index is -0.273. The van der Waals surface area contributed by atoms with Crippen molar-refractivity contribution in [2.24, 2.45) is 0 Å². The molecule has 0 radical (unpaired) electrons. The molecule has 118 valence electrons. The van der Waals surface area contributed by atoms with Gasteiger partial charge >= 0.3 is 0 Å². The van der Waals surface area contributed by atoms with Gasteiger partial charge in [0.2, 0.25) is 0 Å². The normalized spacial score (nSPS) is 9.96. The van der Waals surface area contributed by atoms with Crippen LogP contribution < -0.4 is 10.1 Å². The van der Waals surface area contributed by atoms with Crippen LogP contribution in [0.3, 0.4) is 0 Å². The van der Waals surface area contributed by atoms with E-state index in [0.717, 1.165) is 11.1 Å². The molecule has 0 spiro atoms. The van der Waals surface area contributed by atoms with Gasteiger partial charge in [-0.3, -0.25) is 4.79 Å². The van der Waals surface area contributed by atoms with Crippen molar-refractivity contribution in [2.45, 2.75) is 0 Å². The number of carbonyl (C=O) groups excluding carboxylic acids is 1. The number of nitrogens with one attached hydrogen (secondary N) is 1. The molecule has 0 bridgehead atoms. The molecule has 3 rings (SSSR count). The molecule has 1 amide bonds. The Morgan fingerprint density at radius 3 is 2.79 bits per heavy atom. The monoisotopic (exact) mass is 334 g/mol. The van der Waals surface area contributed by atoms with Crippen LogP contribution in [0.15, 0.2) is 65.4 Å². The van der Waals surface area contributed by atoms with Gasteiger partial charge in [0.05, 0.1) is 5.56 Å². The van der Waals surface area contributed by atoms with Crippen molar-refractivity contribution in [3.05, 3.63) is 70.9 Å². The molecule has 1 N–H and O–H groups in total. The molecule has 0 unspecified atom stereocenters. The number of rotatable bonds is 5. The lowest BCUT2D eigenvalue weighted by Crippen LogP contribution is -2.20. The number of carbonyl (C=O) groups is 1. The van der Waals surface area contributed by atoms with E-state index in [-0.39, 0.29) is 12.5 Å². The molecule has 0 saturated heterocycles. The number of ether oxygens (including phenoxy) is 1. The van der Waals surface area contributed by atoms with E-state index in [1.807, 2.05) is 41.8 Å². The van der Waals surface area contributed by atoms with E-state index in [0.29, 0.717) is 17.0 Å². The summed E-state index contributed by atoms with van der Waals surface area (Å²) >= 11 is 1.63. The van der Waals surface area contributed by atoms with E-state index in [1.54, 1.807) is 35.6 Å². The summed E-state index contributed by atoms with van der Waals surface area (Å²) in [6, 6.07) is 18.6. The molecule has 1 aromatic heterocycles. The van der Waals surface area contributed by atoms with E-state index in [9.17, 15) is 4.79 Å². The standard InChI is InChI=1S/C19H14N2O2S/c20-11-15-4-1-2-7-18(15)23-12-19(22)21-17-6-3-5-14(10-17)16-8-9-24-13-16/h1-10,13H,12H2,(H,21,22). The molecule has 0 saturated carbocycles. The minimum Gasteiger partial charge on any atom is -0.482 e. The van der Waals surface area contributed by atoms with Crippen LogP contribution in [0.1, 0.15) is 5.56 Å². The molecule has 5 heteroatoms. The highest BCUT2D eigenvalue weighted by atomic mass is 32.1. The first-order valence-electron chi connectivity index (χ1n) is 7.30. The predicted molar refractivity (Wildman–Crippen MR) is 95.0 cm³/mol. The quantitative estimate of drug-likeness (QED) is 0.756. The summed E-state index contributed by atoms with van der Waals surface area (Å²) in [5.41, 5.74) is 3.28. The van der Waals surface area contributed by atoms with E-state index in [1.165, 1.54) is 0 Å². The van der Waals surface area contributed by atoms with E-state index in [2.05, 4.69) is 10.7 Å². The summed E-state index contributed by atoms with van der Waals surface area (Å²) in [6.45, 7) is -0.151. The van der Waals surface area contributed by atoms with Gasteiger partial charge in [0.1, 0.15) is 11.8 Å². The number of hydrogen-bond acceptors (Lipinski definition) is 4. The summed E-state index contributed by atoms with van der Waals surface area (Å²) in [5, 5.41) is 15.9. The van der Waals surface area contributed by atoms with Crippen molar-refractivity contribution < 1.29 is 9.53 Å². The fraction of sp³-hybridized carbons (Fsp3) is 0.0526. The van der Waals surface area contributed by atoms with E-state index in [4.69, 9.17) is 10.00 Å². The zero-order valence-corrected chi connectivity index (χ0v) is 13.5. The first-order chi connectivity index (χ1) is 11.8. The number of amides is 1. The van der Waals surface area contributed by atoms with Crippen LogP contribution in [0, 0.1) is 11.3 Å². The first kappa shape index (κ1) is 15.8. The molecule has 3 aromatic rings. The maximum Gasteiger partial charge on any atom is 0.262 e. The van der Waals surface area contributed by atoms with Crippen molar-refractivity contribution in [2.75, 3.05) is 11.9 Å². The lowest BCUT2D eigenvalue weighted by atomic mass is 10.1. The lowest BCUT2D eigenvalue weighted by molar-refractivity contribution is -0.118. The van der Waals surface area contributed by atoms with Gasteiger partial charge in [0.25, 0.3) is 5.91 Å². The van der Waals surface area contributed by atoms with Crippen LogP contribution in [0.4, 0.5) is 5.69 Å². The summed E-state index contributed by atoms with van der Waals surface area (Å²) in [6.07, 6.45) is 0. The summed E-state index contributed by atoms with van der Waals surface area (Å²) in [4.78, 5) is 12.1. The molecule has 1 heterocycles. The number of nitriles is 1. The number of para-hydroxylation sites is 1.